The molecule has 9 atom stereocenters. The van der Waals surface area contributed by atoms with Crippen LogP contribution >= 0.6 is 0 Å². The molecule has 0 bridgehead atoms. The van der Waals surface area contributed by atoms with Crippen LogP contribution in [0.25, 0.3) is 0 Å². The molecule has 0 N–H and O–H groups in total. The van der Waals surface area contributed by atoms with Crippen LogP contribution in [-0.2, 0) is 18.8 Å². The Labute approximate surface area is 196 Å². The molecule has 0 aromatic rings. The standard InChI is InChI=1S/C27H46O4Si/c1-17-15-21-22(25(4)12-9-20(16-24(17)25)31-32(6,7)8)10-13-26(5)23(21)11-14-27(26,18(2)28)30-19(3)29/h17,20-24H,9-16H2,1-8H3. The van der Waals surface area contributed by atoms with Crippen molar-refractivity contribution in [2.24, 2.45) is 40.4 Å². The third kappa shape index (κ3) is 3.64. The molecule has 0 aromatic heterocycles. The lowest BCUT2D eigenvalue weighted by molar-refractivity contribution is -0.195. The van der Waals surface area contributed by atoms with Crippen molar-refractivity contribution >= 4 is 20.1 Å². The fraction of sp³-hybridized carbons (Fsp3) is 0.926. The number of rotatable bonds is 4. The fourth-order valence-corrected chi connectivity index (χ4v) is 10.6. The molecule has 5 heteroatoms. The summed E-state index contributed by atoms with van der Waals surface area (Å²) in [5, 5.41) is 0. The van der Waals surface area contributed by atoms with Crippen LogP contribution in [0, 0.1) is 40.4 Å². The molecule has 9 unspecified atom stereocenters. The fourth-order valence-electron chi connectivity index (χ4n) is 9.37. The molecule has 0 radical (unpaired) electrons. The minimum atomic E-state index is -1.52. The van der Waals surface area contributed by atoms with Gasteiger partial charge in [0.1, 0.15) is 0 Å². The molecule has 4 nitrogen and oxygen atoms in total. The van der Waals surface area contributed by atoms with Gasteiger partial charge in [-0.1, -0.05) is 20.8 Å². The second-order valence-corrected chi connectivity index (χ2v) is 17.8. The summed E-state index contributed by atoms with van der Waals surface area (Å²) in [6, 6.07) is 0. The van der Waals surface area contributed by atoms with Crippen molar-refractivity contribution < 1.29 is 18.8 Å². The summed E-state index contributed by atoms with van der Waals surface area (Å²) in [7, 11) is -1.52. The van der Waals surface area contributed by atoms with Crippen LogP contribution in [0.4, 0.5) is 0 Å². The Kier molecular flexibility index (Phi) is 6.06. The van der Waals surface area contributed by atoms with Crippen molar-refractivity contribution in [1.29, 1.82) is 0 Å². The number of hydrogen-bond donors (Lipinski definition) is 0. The summed E-state index contributed by atoms with van der Waals surface area (Å²) in [4.78, 5) is 25.0. The Hall–Kier alpha value is -0.683. The van der Waals surface area contributed by atoms with Gasteiger partial charge in [-0.3, -0.25) is 9.59 Å². The highest BCUT2D eigenvalue weighted by atomic mass is 28.4. The lowest BCUT2D eigenvalue weighted by Crippen LogP contribution is -2.61. The number of fused-ring (bicyclic) bond motifs is 5. The third-order valence-corrected chi connectivity index (χ3v) is 11.6. The first-order valence-corrected chi connectivity index (χ1v) is 16.5. The first-order chi connectivity index (χ1) is 14.7. The van der Waals surface area contributed by atoms with Gasteiger partial charge < -0.3 is 9.16 Å². The van der Waals surface area contributed by atoms with Crippen molar-refractivity contribution in [2.45, 2.75) is 117 Å². The maximum atomic E-state index is 12.9. The average Bonchev–Trinajstić information content (AvgIpc) is 2.95. The van der Waals surface area contributed by atoms with Crippen LogP contribution in [0.2, 0.25) is 19.6 Å². The first kappa shape index (κ1) is 24.4. The molecule has 182 valence electrons. The number of ketones is 1. The van der Waals surface area contributed by atoms with Crippen LogP contribution in [-0.4, -0.2) is 31.8 Å². The highest BCUT2D eigenvalue weighted by Gasteiger charge is 2.68. The van der Waals surface area contributed by atoms with E-state index in [2.05, 4.69) is 40.4 Å². The van der Waals surface area contributed by atoms with E-state index in [1.807, 2.05) is 0 Å². The maximum absolute atomic E-state index is 12.9. The van der Waals surface area contributed by atoms with Crippen molar-refractivity contribution in [1.82, 2.24) is 0 Å². The second kappa shape index (κ2) is 7.93. The number of hydrogen-bond acceptors (Lipinski definition) is 4. The maximum Gasteiger partial charge on any atom is 0.303 e. The van der Waals surface area contributed by atoms with Gasteiger partial charge in [0.05, 0.1) is 0 Å². The Bertz CT molecular complexity index is 774. The molecule has 0 amide bonds. The monoisotopic (exact) mass is 462 g/mol. The minimum absolute atomic E-state index is 0.0492. The Morgan fingerprint density at radius 1 is 0.875 bits per heavy atom. The third-order valence-electron chi connectivity index (χ3n) is 10.5. The normalized spacial score (nSPS) is 48.4. The number of carbonyl (C=O) groups excluding carboxylic acids is 2. The molecule has 4 rings (SSSR count). The van der Waals surface area contributed by atoms with E-state index in [1.54, 1.807) is 6.92 Å². The molecule has 4 fully saturated rings. The van der Waals surface area contributed by atoms with Gasteiger partial charge in [0, 0.05) is 18.4 Å². The van der Waals surface area contributed by atoms with Crippen molar-refractivity contribution in [2.75, 3.05) is 0 Å². The molecule has 0 aromatic carbocycles. The zero-order valence-electron chi connectivity index (χ0n) is 21.8. The molecule has 0 aliphatic heterocycles. The van der Waals surface area contributed by atoms with Gasteiger partial charge in [0.2, 0.25) is 0 Å². The van der Waals surface area contributed by atoms with Gasteiger partial charge in [-0.15, -0.1) is 0 Å². The molecular formula is C27H46O4Si. The summed E-state index contributed by atoms with van der Waals surface area (Å²) in [6.45, 7) is 17.4. The van der Waals surface area contributed by atoms with E-state index in [1.165, 1.54) is 32.6 Å². The molecule has 0 heterocycles. The van der Waals surface area contributed by atoms with Crippen LogP contribution in [0.5, 0.6) is 0 Å². The molecule has 4 aliphatic carbocycles. The average molecular weight is 463 g/mol. The van der Waals surface area contributed by atoms with E-state index in [4.69, 9.17) is 9.16 Å². The van der Waals surface area contributed by atoms with Crippen molar-refractivity contribution in [3.05, 3.63) is 0 Å². The molecule has 0 spiro atoms. The van der Waals surface area contributed by atoms with Gasteiger partial charge in [-0.2, -0.15) is 0 Å². The molecule has 0 saturated heterocycles. The number of esters is 1. The number of Topliss-reactive ketones (excluding diaryl/α,β-unsaturated/α-hetero) is 1. The largest absolute Gasteiger partial charge is 0.451 e. The zero-order valence-corrected chi connectivity index (χ0v) is 22.8. The Morgan fingerprint density at radius 3 is 2.12 bits per heavy atom. The molecule has 4 aliphatic rings. The lowest BCUT2D eigenvalue weighted by atomic mass is 9.42. The summed E-state index contributed by atoms with van der Waals surface area (Å²) in [5.41, 5.74) is -0.781. The topological polar surface area (TPSA) is 52.6 Å². The molecular weight excluding hydrogens is 416 g/mol. The zero-order chi connectivity index (χ0) is 23.7. The lowest BCUT2D eigenvalue weighted by Gasteiger charge is -2.63. The SMILES string of the molecule is CC(=O)OC1(C(C)=O)CCC2C3CC(C)C4CC(O[Si](C)(C)C)CCC4(C)C3CCC21C. The Morgan fingerprint density at radius 2 is 1.53 bits per heavy atom. The first-order valence-electron chi connectivity index (χ1n) is 13.1. The predicted octanol–water partition coefficient (Wildman–Crippen LogP) is 6.39. The van der Waals surface area contributed by atoms with E-state index < -0.39 is 13.9 Å². The summed E-state index contributed by atoms with van der Waals surface area (Å²) < 4.78 is 12.5. The predicted molar refractivity (Wildman–Crippen MR) is 130 cm³/mol. The van der Waals surface area contributed by atoms with E-state index >= 15 is 0 Å². The van der Waals surface area contributed by atoms with Gasteiger partial charge in [-0.05, 0) is 113 Å². The smallest absolute Gasteiger partial charge is 0.303 e. The van der Waals surface area contributed by atoms with E-state index in [0.29, 0.717) is 35.7 Å². The summed E-state index contributed by atoms with van der Waals surface area (Å²) in [5.74, 6) is 2.97. The van der Waals surface area contributed by atoms with Gasteiger partial charge in [-0.25, -0.2) is 0 Å². The number of carbonyl (C=O) groups is 2. The highest BCUT2D eigenvalue weighted by Crippen LogP contribution is 2.70. The minimum Gasteiger partial charge on any atom is -0.451 e. The van der Waals surface area contributed by atoms with Gasteiger partial charge in [0.15, 0.2) is 19.7 Å². The van der Waals surface area contributed by atoms with E-state index in [-0.39, 0.29) is 17.2 Å². The molecule has 4 saturated carbocycles. The summed E-state index contributed by atoms with van der Waals surface area (Å²) >= 11 is 0. The molecule has 32 heavy (non-hydrogen) atoms. The van der Waals surface area contributed by atoms with Gasteiger partial charge >= 0.3 is 5.97 Å². The van der Waals surface area contributed by atoms with Crippen LogP contribution in [0.15, 0.2) is 0 Å². The Balaban J connectivity index is 1.61. The highest BCUT2D eigenvalue weighted by molar-refractivity contribution is 6.69. The van der Waals surface area contributed by atoms with Crippen LogP contribution in [0.1, 0.15) is 86.0 Å². The number of ether oxygens (including phenoxy) is 1. The van der Waals surface area contributed by atoms with E-state index in [9.17, 15) is 9.59 Å². The van der Waals surface area contributed by atoms with E-state index in [0.717, 1.165) is 31.1 Å². The van der Waals surface area contributed by atoms with Crippen LogP contribution < -0.4 is 0 Å². The van der Waals surface area contributed by atoms with Crippen molar-refractivity contribution in [3.63, 3.8) is 0 Å². The quantitative estimate of drug-likeness (QED) is 0.359. The second-order valence-electron chi connectivity index (χ2n) is 13.3. The van der Waals surface area contributed by atoms with Crippen LogP contribution in [0.3, 0.4) is 0 Å². The van der Waals surface area contributed by atoms with Gasteiger partial charge in [0.25, 0.3) is 0 Å². The summed E-state index contributed by atoms with van der Waals surface area (Å²) in [6.07, 6.45) is 9.24. The van der Waals surface area contributed by atoms with Crippen molar-refractivity contribution in [3.8, 4) is 0 Å².